The number of nitro benzene ring substituents is 1. The number of nitro groups is 1. The smallest absolute Gasteiger partial charge is 0.277 e. The summed E-state index contributed by atoms with van der Waals surface area (Å²) in [7, 11) is 1.50. The van der Waals surface area contributed by atoms with E-state index < -0.39 is 11.2 Å². The van der Waals surface area contributed by atoms with E-state index in [0.717, 1.165) is 0 Å². The normalized spacial score (nSPS) is 16.3. The molecule has 0 unspecified atom stereocenters. The molecule has 1 fully saturated rings. The minimum Gasteiger partial charge on any atom is -0.497 e. The third kappa shape index (κ3) is 1.98. The van der Waals surface area contributed by atoms with E-state index in [-0.39, 0.29) is 5.69 Å². The predicted molar refractivity (Wildman–Crippen MR) is 54.3 cm³/mol. The van der Waals surface area contributed by atoms with Gasteiger partial charge in [-0.25, -0.2) is 0 Å². The average molecular weight is 225 g/mol. The maximum Gasteiger partial charge on any atom is 0.277 e. The molecule has 0 aromatic heterocycles. The molecule has 0 N–H and O–H groups in total. The summed E-state index contributed by atoms with van der Waals surface area (Å²) in [6, 6.07) is 4.49. The summed E-state index contributed by atoms with van der Waals surface area (Å²) < 4.78 is 15.5. The number of hydrogen-bond donors (Lipinski definition) is 0. The van der Waals surface area contributed by atoms with E-state index in [0.29, 0.717) is 24.5 Å². The zero-order valence-corrected chi connectivity index (χ0v) is 8.71. The Morgan fingerprint density at radius 1 is 1.44 bits per heavy atom. The highest BCUT2D eigenvalue weighted by Crippen LogP contribution is 2.33. The average Bonchev–Trinajstić information content (AvgIpc) is 2.81. The van der Waals surface area contributed by atoms with Crippen LogP contribution in [0.1, 0.15) is 11.9 Å². The van der Waals surface area contributed by atoms with Crippen molar-refractivity contribution in [2.75, 3.05) is 20.3 Å². The largest absolute Gasteiger partial charge is 0.497 e. The standard InChI is InChI=1S/C10H11NO5/c1-14-7-2-3-9(11(12)13)8(6-7)10-15-4-5-16-10/h2-3,6,10H,4-5H2,1H3. The molecule has 16 heavy (non-hydrogen) atoms. The molecule has 1 aromatic rings. The first-order valence-corrected chi connectivity index (χ1v) is 4.78. The van der Waals surface area contributed by atoms with Gasteiger partial charge in [0.05, 0.1) is 30.8 Å². The molecule has 6 nitrogen and oxygen atoms in total. The molecule has 1 aromatic carbocycles. The van der Waals surface area contributed by atoms with Gasteiger partial charge in [-0.05, 0) is 12.1 Å². The van der Waals surface area contributed by atoms with E-state index in [1.807, 2.05) is 0 Å². The Morgan fingerprint density at radius 3 is 2.69 bits per heavy atom. The lowest BCUT2D eigenvalue weighted by molar-refractivity contribution is -0.386. The predicted octanol–water partition coefficient (Wildman–Crippen LogP) is 1.65. The number of ether oxygens (including phenoxy) is 3. The van der Waals surface area contributed by atoms with Crippen LogP contribution in [0.4, 0.5) is 5.69 Å². The molecular formula is C10H11NO5. The van der Waals surface area contributed by atoms with E-state index in [1.165, 1.54) is 19.2 Å². The summed E-state index contributed by atoms with van der Waals surface area (Å²) in [6.45, 7) is 0.887. The minimum absolute atomic E-state index is 0.0206. The van der Waals surface area contributed by atoms with Crippen LogP contribution in [0, 0.1) is 10.1 Å². The van der Waals surface area contributed by atoms with Gasteiger partial charge in [0.2, 0.25) is 0 Å². The lowest BCUT2D eigenvalue weighted by atomic mass is 10.1. The van der Waals surface area contributed by atoms with E-state index >= 15 is 0 Å². The molecule has 1 heterocycles. The molecule has 1 aliphatic rings. The maximum atomic E-state index is 10.8. The number of nitrogens with zero attached hydrogens (tertiary/aromatic N) is 1. The Labute approximate surface area is 91.9 Å². The lowest BCUT2D eigenvalue weighted by Gasteiger charge is -2.10. The van der Waals surface area contributed by atoms with Crippen LogP contribution >= 0.6 is 0 Å². The monoisotopic (exact) mass is 225 g/mol. The Kier molecular flexibility index (Phi) is 3.02. The summed E-state index contributed by atoms with van der Waals surface area (Å²) in [6.07, 6.45) is -0.671. The van der Waals surface area contributed by atoms with E-state index in [2.05, 4.69) is 0 Å². The zero-order valence-electron chi connectivity index (χ0n) is 8.71. The van der Waals surface area contributed by atoms with Crippen LogP contribution in [0.5, 0.6) is 5.75 Å². The van der Waals surface area contributed by atoms with Gasteiger partial charge < -0.3 is 14.2 Å². The molecule has 0 atom stereocenters. The Balaban J connectivity index is 2.40. The number of hydrogen-bond acceptors (Lipinski definition) is 5. The minimum atomic E-state index is -0.671. The van der Waals surface area contributed by atoms with Crippen LogP contribution in [0.3, 0.4) is 0 Å². The van der Waals surface area contributed by atoms with Crippen LogP contribution in [0.15, 0.2) is 18.2 Å². The molecule has 1 aliphatic heterocycles. The Morgan fingerprint density at radius 2 is 2.12 bits per heavy atom. The molecule has 2 rings (SSSR count). The number of benzene rings is 1. The van der Waals surface area contributed by atoms with E-state index in [9.17, 15) is 10.1 Å². The Bertz CT molecular complexity index is 400. The van der Waals surface area contributed by atoms with E-state index in [4.69, 9.17) is 14.2 Å². The fourth-order valence-corrected chi connectivity index (χ4v) is 1.55. The van der Waals surface area contributed by atoms with Crippen LogP contribution in [0.25, 0.3) is 0 Å². The zero-order chi connectivity index (χ0) is 11.5. The van der Waals surface area contributed by atoms with Crippen molar-refractivity contribution in [3.63, 3.8) is 0 Å². The first kappa shape index (κ1) is 10.8. The summed E-state index contributed by atoms with van der Waals surface area (Å²) in [5, 5.41) is 10.8. The summed E-state index contributed by atoms with van der Waals surface area (Å²) in [5.74, 6) is 0.541. The first-order valence-electron chi connectivity index (χ1n) is 4.78. The summed E-state index contributed by atoms with van der Waals surface area (Å²) >= 11 is 0. The van der Waals surface area contributed by atoms with Crippen molar-refractivity contribution < 1.29 is 19.1 Å². The third-order valence-electron chi connectivity index (χ3n) is 2.31. The highest BCUT2D eigenvalue weighted by Gasteiger charge is 2.27. The van der Waals surface area contributed by atoms with E-state index in [1.54, 1.807) is 6.07 Å². The van der Waals surface area contributed by atoms with Gasteiger partial charge in [-0.3, -0.25) is 10.1 Å². The molecule has 0 aliphatic carbocycles. The fourth-order valence-electron chi connectivity index (χ4n) is 1.55. The molecule has 6 heteroatoms. The molecule has 0 spiro atoms. The third-order valence-corrected chi connectivity index (χ3v) is 2.31. The number of rotatable bonds is 3. The van der Waals surface area contributed by atoms with Gasteiger partial charge in [-0.1, -0.05) is 0 Å². The summed E-state index contributed by atoms with van der Waals surface area (Å²) in [4.78, 5) is 10.4. The second-order valence-electron chi connectivity index (χ2n) is 3.26. The quantitative estimate of drug-likeness (QED) is 0.577. The van der Waals surface area contributed by atoms with Crippen LogP contribution in [0.2, 0.25) is 0 Å². The van der Waals surface area contributed by atoms with Crippen molar-refractivity contribution in [2.45, 2.75) is 6.29 Å². The molecule has 86 valence electrons. The van der Waals surface area contributed by atoms with Crippen molar-refractivity contribution in [3.05, 3.63) is 33.9 Å². The lowest BCUT2D eigenvalue weighted by Crippen LogP contribution is -2.03. The van der Waals surface area contributed by atoms with Crippen molar-refractivity contribution in [2.24, 2.45) is 0 Å². The van der Waals surface area contributed by atoms with Gasteiger partial charge in [0, 0.05) is 6.07 Å². The SMILES string of the molecule is COc1ccc([N+](=O)[O-])c(C2OCCO2)c1. The van der Waals surface area contributed by atoms with Gasteiger partial charge in [-0.15, -0.1) is 0 Å². The highest BCUT2D eigenvalue weighted by atomic mass is 16.7. The first-order chi connectivity index (χ1) is 7.72. The fraction of sp³-hybridized carbons (Fsp3) is 0.400. The second kappa shape index (κ2) is 4.46. The van der Waals surface area contributed by atoms with Crippen LogP contribution in [-0.4, -0.2) is 25.2 Å². The van der Waals surface area contributed by atoms with Gasteiger partial charge in [0.25, 0.3) is 5.69 Å². The summed E-state index contributed by atoms with van der Waals surface area (Å²) in [5.41, 5.74) is 0.370. The Hall–Kier alpha value is -1.66. The van der Waals surface area contributed by atoms with Gasteiger partial charge >= 0.3 is 0 Å². The van der Waals surface area contributed by atoms with Crippen LogP contribution < -0.4 is 4.74 Å². The maximum absolute atomic E-state index is 10.8. The van der Waals surface area contributed by atoms with Crippen molar-refractivity contribution >= 4 is 5.69 Å². The molecule has 1 saturated heterocycles. The molecule has 0 bridgehead atoms. The van der Waals surface area contributed by atoms with Crippen molar-refractivity contribution in [1.82, 2.24) is 0 Å². The highest BCUT2D eigenvalue weighted by molar-refractivity contribution is 5.46. The van der Waals surface area contributed by atoms with Gasteiger partial charge in [0.15, 0.2) is 6.29 Å². The topological polar surface area (TPSA) is 70.8 Å². The van der Waals surface area contributed by atoms with Gasteiger partial charge in [-0.2, -0.15) is 0 Å². The second-order valence-corrected chi connectivity index (χ2v) is 3.26. The molecule has 0 saturated carbocycles. The van der Waals surface area contributed by atoms with Gasteiger partial charge in [0.1, 0.15) is 5.75 Å². The molecule has 0 radical (unpaired) electrons. The molecular weight excluding hydrogens is 214 g/mol. The number of methoxy groups -OCH3 is 1. The molecule has 0 amide bonds. The van der Waals surface area contributed by atoms with Crippen LogP contribution in [-0.2, 0) is 9.47 Å². The van der Waals surface area contributed by atoms with Crippen molar-refractivity contribution in [3.8, 4) is 5.75 Å². The van der Waals surface area contributed by atoms with Crippen molar-refractivity contribution in [1.29, 1.82) is 0 Å².